The third-order valence-electron chi connectivity index (χ3n) is 6.97. The molecule has 1 aliphatic carbocycles. The first-order valence-electron chi connectivity index (χ1n) is 12.2. The van der Waals surface area contributed by atoms with Gasteiger partial charge in [-0.3, -0.25) is 0 Å². The maximum absolute atomic E-state index is 14.4. The highest BCUT2D eigenvalue weighted by atomic mass is 35.5. The van der Waals surface area contributed by atoms with Crippen molar-refractivity contribution in [1.82, 2.24) is 25.2 Å². The molecule has 4 aromatic rings. The molecule has 2 N–H and O–H groups in total. The zero-order valence-corrected chi connectivity index (χ0v) is 20.3. The van der Waals surface area contributed by atoms with Crippen LogP contribution in [0.4, 0.5) is 8.78 Å². The van der Waals surface area contributed by atoms with E-state index in [2.05, 4.69) is 55.5 Å². The van der Waals surface area contributed by atoms with E-state index in [9.17, 15) is 8.78 Å². The summed E-state index contributed by atoms with van der Waals surface area (Å²) < 4.78 is 30.9. The Morgan fingerprint density at radius 3 is 2.71 bits per heavy atom. The largest absolute Gasteiger partial charge is 0.329 e. The summed E-state index contributed by atoms with van der Waals surface area (Å²) in [6, 6.07) is 16.7. The van der Waals surface area contributed by atoms with Gasteiger partial charge in [-0.1, -0.05) is 54.1 Å². The van der Waals surface area contributed by atoms with E-state index in [4.69, 9.17) is 11.6 Å². The monoisotopic (exact) mass is 497 g/mol. The second-order valence-electron chi connectivity index (χ2n) is 9.55. The summed E-state index contributed by atoms with van der Waals surface area (Å²) in [5.74, 6) is -2.42. The van der Waals surface area contributed by atoms with E-state index < -0.39 is 5.92 Å². The Bertz CT molecular complexity index is 1290. The van der Waals surface area contributed by atoms with Crippen LogP contribution in [0.1, 0.15) is 30.9 Å². The highest BCUT2D eigenvalue weighted by Gasteiger charge is 2.30. The number of hydrogen-bond donors (Lipinski definition) is 2. The van der Waals surface area contributed by atoms with Crippen molar-refractivity contribution in [3.05, 3.63) is 71.8 Å². The lowest BCUT2D eigenvalue weighted by molar-refractivity contribution is 0.00281. The van der Waals surface area contributed by atoms with Crippen LogP contribution in [0.15, 0.2) is 61.1 Å². The Kier molecular flexibility index (Phi) is 7.27. The first-order valence-corrected chi connectivity index (χ1v) is 12.6. The minimum absolute atomic E-state index is 0.308. The highest BCUT2D eigenvalue weighted by Crippen LogP contribution is 2.36. The van der Waals surface area contributed by atoms with Gasteiger partial charge in [0.05, 0.1) is 18.5 Å². The number of aromatic nitrogens is 3. The van der Waals surface area contributed by atoms with Crippen molar-refractivity contribution in [2.45, 2.75) is 37.6 Å². The second kappa shape index (κ2) is 10.6. The highest BCUT2D eigenvalue weighted by molar-refractivity contribution is 6.33. The number of fused-ring (bicyclic) bond motifs is 2. The molecule has 0 amide bonds. The van der Waals surface area contributed by atoms with Gasteiger partial charge in [-0.05, 0) is 67.1 Å². The Hall–Kier alpha value is -2.61. The molecule has 0 saturated heterocycles. The van der Waals surface area contributed by atoms with Crippen molar-refractivity contribution in [1.29, 1.82) is 0 Å². The van der Waals surface area contributed by atoms with Crippen molar-refractivity contribution in [2.24, 2.45) is 5.92 Å². The normalized spacial score (nSPS) is 18.6. The lowest BCUT2D eigenvalue weighted by atomic mass is 10.1. The number of halogens is 3. The van der Waals surface area contributed by atoms with Gasteiger partial charge in [0.1, 0.15) is 17.1 Å². The van der Waals surface area contributed by atoms with Crippen LogP contribution in [-0.2, 0) is 6.42 Å². The molecular formula is C27H30ClF2N5. The smallest absolute Gasteiger partial charge is 0.272 e. The van der Waals surface area contributed by atoms with Gasteiger partial charge >= 0.3 is 0 Å². The standard InChI is InChI=1S/C27H30ClF2N5/c28-25-24-10-12-35(26(24)34-18-33-25)23-8-6-20(14-23)15-32-17-27(29,30)16-31-11-9-19-5-7-21-3-1-2-4-22(21)13-19/h1-5,7,10,12-13,18,20,23,31-32H,6,8-9,11,14-17H2. The second-order valence-corrected chi connectivity index (χ2v) is 9.91. The fourth-order valence-electron chi connectivity index (χ4n) is 5.14. The van der Waals surface area contributed by atoms with Crippen LogP contribution in [0.5, 0.6) is 0 Å². The van der Waals surface area contributed by atoms with Gasteiger partial charge in [0.25, 0.3) is 5.92 Å². The SMILES string of the molecule is FC(F)(CNCCc1ccc2ccccc2c1)CNCC1CCC(n2ccc3c(Cl)ncnc32)C1. The molecule has 0 aliphatic heterocycles. The minimum atomic E-state index is -2.79. The van der Waals surface area contributed by atoms with Crippen molar-refractivity contribution >= 4 is 33.4 Å². The molecule has 35 heavy (non-hydrogen) atoms. The van der Waals surface area contributed by atoms with Gasteiger partial charge in [0, 0.05) is 12.2 Å². The molecule has 1 fully saturated rings. The van der Waals surface area contributed by atoms with Gasteiger partial charge in [-0.2, -0.15) is 0 Å². The summed E-state index contributed by atoms with van der Waals surface area (Å²) in [7, 11) is 0. The third-order valence-corrected chi connectivity index (χ3v) is 7.27. The molecular weight excluding hydrogens is 468 g/mol. The van der Waals surface area contributed by atoms with E-state index in [0.29, 0.717) is 30.2 Å². The lowest BCUT2D eigenvalue weighted by Crippen LogP contribution is -2.43. The van der Waals surface area contributed by atoms with Crippen molar-refractivity contribution in [3.63, 3.8) is 0 Å². The molecule has 2 atom stereocenters. The van der Waals surface area contributed by atoms with E-state index in [1.54, 1.807) is 0 Å². The number of nitrogens with zero attached hydrogens (tertiary/aromatic N) is 3. The summed E-state index contributed by atoms with van der Waals surface area (Å²) in [5, 5.41) is 9.62. The van der Waals surface area contributed by atoms with Crippen LogP contribution in [0.3, 0.4) is 0 Å². The van der Waals surface area contributed by atoms with Crippen LogP contribution in [0.25, 0.3) is 21.8 Å². The molecule has 5 nitrogen and oxygen atoms in total. The van der Waals surface area contributed by atoms with E-state index in [0.717, 1.165) is 42.3 Å². The maximum Gasteiger partial charge on any atom is 0.272 e. The van der Waals surface area contributed by atoms with E-state index in [-0.39, 0.29) is 13.1 Å². The molecule has 2 heterocycles. The van der Waals surface area contributed by atoms with Gasteiger partial charge in [-0.25, -0.2) is 18.7 Å². The summed E-state index contributed by atoms with van der Waals surface area (Å²) >= 11 is 6.16. The van der Waals surface area contributed by atoms with E-state index in [1.165, 1.54) is 17.1 Å². The predicted octanol–water partition coefficient (Wildman–Crippen LogP) is 5.64. The molecule has 0 spiro atoms. The summed E-state index contributed by atoms with van der Waals surface area (Å²) in [6.07, 6.45) is 7.16. The molecule has 1 saturated carbocycles. The van der Waals surface area contributed by atoms with Gasteiger partial charge in [-0.15, -0.1) is 0 Å². The zero-order chi connectivity index (χ0) is 24.3. The van der Waals surface area contributed by atoms with Gasteiger partial charge < -0.3 is 15.2 Å². The van der Waals surface area contributed by atoms with Crippen LogP contribution in [0, 0.1) is 5.92 Å². The maximum atomic E-state index is 14.4. The summed E-state index contributed by atoms with van der Waals surface area (Å²) in [6.45, 7) is 0.484. The summed E-state index contributed by atoms with van der Waals surface area (Å²) in [4.78, 5) is 8.41. The predicted molar refractivity (Wildman–Crippen MR) is 137 cm³/mol. The topological polar surface area (TPSA) is 54.8 Å². The Morgan fingerprint density at radius 1 is 1.00 bits per heavy atom. The summed E-state index contributed by atoms with van der Waals surface area (Å²) in [5.41, 5.74) is 1.99. The first-order chi connectivity index (χ1) is 17.0. The number of alkyl halides is 2. The van der Waals surface area contributed by atoms with Crippen molar-refractivity contribution in [3.8, 4) is 0 Å². The molecule has 2 aromatic carbocycles. The van der Waals surface area contributed by atoms with Crippen LogP contribution in [0.2, 0.25) is 5.15 Å². The third kappa shape index (κ3) is 5.80. The molecule has 1 aliphatic rings. The molecule has 0 radical (unpaired) electrons. The molecule has 2 unspecified atom stereocenters. The van der Waals surface area contributed by atoms with E-state index in [1.807, 2.05) is 24.4 Å². The molecule has 5 rings (SSSR count). The number of rotatable bonds is 10. The van der Waals surface area contributed by atoms with E-state index >= 15 is 0 Å². The van der Waals surface area contributed by atoms with Crippen LogP contribution in [-0.4, -0.2) is 46.6 Å². The molecule has 2 aromatic heterocycles. The Labute approximate surface area is 208 Å². The number of benzene rings is 2. The quantitative estimate of drug-likeness (QED) is 0.220. The zero-order valence-electron chi connectivity index (χ0n) is 19.6. The number of nitrogens with one attached hydrogen (secondary N) is 2. The van der Waals surface area contributed by atoms with Crippen molar-refractivity contribution in [2.75, 3.05) is 26.2 Å². The average Bonchev–Trinajstić information content (AvgIpc) is 3.49. The van der Waals surface area contributed by atoms with Gasteiger partial charge in [0.2, 0.25) is 0 Å². The Balaban J connectivity index is 1.03. The Morgan fingerprint density at radius 2 is 1.83 bits per heavy atom. The van der Waals surface area contributed by atoms with Crippen molar-refractivity contribution < 1.29 is 8.78 Å². The fraction of sp³-hybridized carbons (Fsp3) is 0.407. The molecule has 184 valence electrons. The fourth-order valence-corrected chi connectivity index (χ4v) is 5.33. The molecule has 0 bridgehead atoms. The van der Waals surface area contributed by atoms with Crippen LogP contribution >= 0.6 is 11.6 Å². The van der Waals surface area contributed by atoms with Crippen LogP contribution < -0.4 is 10.6 Å². The average molecular weight is 498 g/mol. The first kappa shape index (κ1) is 24.1. The molecule has 8 heteroatoms. The number of hydrogen-bond acceptors (Lipinski definition) is 4. The minimum Gasteiger partial charge on any atom is -0.329 e. The van der Waals surface area contributed by atoms with Gasteiger partial charge in [0.15, 0.2) is 0 Å². The lowest BCUT2D eigenvalue weighted by Gasteiger charge is -2.20.